The Labute approximate surface area is 155 Å². The molecule has 26 heavy (non-hydrogen) atoms. The van der Waals surface area contributed by atoms with Gasteiger partial charge in [-0.1, -0.05) is 6.07 Å². The van der Waals surface area contributed by atoms with Gasteiger partial charge in [-0.25, -0.2) is 13.1 Å². The van der Waals surface area contributed by atoms with Gasteiger partial charge in [0.25, 0.3) is 11.8 Å². The molecule has 3 N–H and O–H groups in total. The third kappa shape index (κ3) is 5.36. The van der Waals surface area contributed by atoms with Crippen molar-refractivity contribution >= 4 is 33.2 Å². The number of hydrogen-bond acceptors (Lipinski definition) is 6. The molecule has 0 aliphatic carbocycles. The van der Waals surface area contributed by atoms with E-state index in [1.807, 2.05) is 0 Å². The Balaban J connectivity index is 1.97. The maximum absolute atomic E-state index is 12.2. The normalized spacial score (nSPS) is 12.4. The van der Waals surface area contributed by atoms with Crippen LogP contribution in [-0.4, -0.2) is 40.0 Å². The van der Waals surface area contributed by atoms with Gasteiger partial charge in [0.2, 0.25) is 10.0 Å². The van der Waals surface area contributed by atoms with Crippen molar-refractivity contribution in [1.82, 2.24) is 15.6 Å². The van der Waals surface area contributed by atoms with Crippen LogP contribution in [-0.2, 0) is 14.8 Å². The van der Waals surface area contributed by atoms with Crippen LogP contribution in [0.25, 0.3) is 0 Å². The van der Waals surface area contributed by atoms with E-state index in [4.69, 9.17) is 4.74 Å². The molecule has 2 rings (SSSR count). The van der Waals surface area contributed by atoms with Crippen LogP contribution in [0.3, 0.4) is 0 Å². The first-order chi connectivity index (χ1) is 12.3. The summed E-state index contributed by atoms with van der Waals surface area (Å²) < 4.78 is 31.8. The summed E-state index contributed by atoms with van der Waals surface area (Å²) in [4.78, 5) is 24.3. The molecule has 0 unspecified atom stereocenters. The van der Waals surface area contributed by atoms with E-state index in [1.54, 1.807) is 24.4 Å². The van der Waals surface area contributed by atoms with Gasteiger partial charge in [-0.3, -0.25) is 20.4 Å². The third-order valence-corrected chi connectivity index (χ3v) is 5.71. The highest BCUT2D eigenvalue weighted by atomic mass is 32.2. The number of methoxy groups -OCH3 is 1. The zero-order valence-corrected chi connectivity index (χ0v) is 15.8. The molecule has 10 heteroatoms. The van der Waals surface area contributed by atoms with Crippen molar-refractivity contribution in [3.05, 3.63) is 52.2 Å². The van der Waals surface area contributed by atoms with Crippen LogP contribution in [0.1, 0.15) is 27.0 Å². The lowest BCUT2D eigenvalue weighted by atomic mass is 10.2. The number of nitrogens with one attached hydrogen (secondary N) is 3. The van der Waals surface area contributed by atoms with Gasteiger partial charge in [0.1, 0.15) is 0 Å². The zero-order valence-electron chi connectivity index (χ0n) is 14.2. The lowest BCUT2D eigenvalue weighted by Gasteiger charge is -2.13. The van der Waals surface area contributed by atoms with Gasteiger partial charge in [0, 0.05) is 18.7 Å². The molecule has 0 fully saturated rings. The van der Waals surface area contributed by atoms with E-state index in [2.05, 4.69) is 15.6 Å². The number of carbonyl (C=O) groups is 2. The molecule has 0 radical (unpaired) electrons. The second kappa shape index (κ2) is 8.90. The first-order valence-corrected chi connectivity index (χ1v) is 9.95. The zero-order chi connectivity index (χ0) is 19.2. The quantitative estimate of drug-likeness (QED) is 0.606. The molecule has 0 saturated heterocycles. The minimum absolute atomic E-state index is 0.0274. The van der Waals surface area contributed by atoms with Crippen LogP contribution in [0.4, 0.5) is 0 Å². The molecule has 140 valence electrons. The van der Waals surface area contributed by atoms with Crippen LogP contribution in [0.15, 0.2) is 46.7 Å². The maximum atomic E-state index is 12.2. The number of benzene rings is 1. The molecule has 0 saturated carbocycles. The van der Waals surface area contributed by atoms with E-state index in [0.29, 0.717) is 4.88 Å². The minimum Gasteiger partial charge on any atom is -0.383 e. The van der Waals surface area contributed by atoms with Crippen LogP contribution in [0, 0.1) is 0 Å². The third-order valence-electron chi connectivity index (χ3n) is 3.23. The number of ether oxygens (including phenoxy) is 1. The van der Waals surface area contributed by atoms with E-state index < -0.39 is 21.8 Å². The van der Waals surface area contributed by atoms with Crippen molar-refractivity contribution in [3.63, 3.8) is 0 Å². The van der Waals surface area contributed by atoms with Crippen molar-refractivity contribution in [1.29, 1.82) is 0 Å². The highest BCUT2D eigenvalue weighted by molar-refractivity contribution is 7.89. The summed E-state index contributed by atoms with van der Waals surface area (Å²) in [5.41, 5.74) is 4.79. The van der Waals surface area contributed by atoms with E-state index >= 15 is 0 Å². The van der Waals surface area contributed by atoms with Crippen molar-refractivity contribution in [2.45, 2.75) is 17.9 Å². The molecule has 0 aliphatic rings. The summed E-state index contributed by atoms with van der Waals surface area (Å²) in [7, 11) is -2.23. The number of hydrazine groups is 1. The van der Waals surface area contributed by atoms with Gasteiger partial charge in [-0.05, 0) is 42.6 Å². The fourth-order valence-corrected chi connectivity index (χ4v) is 3.90. The molecule has 0 aliphatic heterocycles. The Kier molecular flexibility index (Phi) is 6.86. The molecule has 1 heterocycles. The van der Waals surface area contributed by atoms with Gasteiger partial charge in [0.05, 0.1) is 16.4 Å². The average Bonchev–Trinajstić information content (AvgIpc) is 3.14. The topological polar surface area (TPSA) is 114 Å². The Bertz CT molecular complexity index is 849. The molecule has 8 nitrogen and oxygen atoms in total. The molecule has 2 aromatic rings. The highest BCUT2D eigenvalue weighted by Crippen LogP contribution is 2.11. The number of thiophene rings is 1. The Hall–Kier alpha value is -2.27. The molecule has 1 atom stereocenters. The smallest absolute Gasteiger partial charge is 0.279 e. The second-order valence-electron chi connectivity index (χ2n) is 5.39. The summed E-state index contributed by atoms with van der Waals surface area (Å²) in [5.74, 6) is -0.983. The lowest BCUT2D eigenvalue weighted by molar-refractivity contribution is 0.0849. The molecule has 1 aromatic heterocycles. The van der Waals surface area contributed by atoms with Crippen molar-refractivity contribution in [2.24, 2.45) is 0 Å². The van der Waals surface area contributed by atoms with Crippen molar-refractivity contribution in [2.75, 3.05) is 13.7 Å². The number of amides is 2. The average molecular weight is 397 g/mol. The van der Waals surface area contributed by atoms with E-state index in [1.165, 1.54) is 42.7 Å². The lowest BCUT2D eigenvalue weighted by Crippen LogP contribution is -2.41. The van der Waals surface area contributed by atoms with Crippen LogP contribution < -0.4 is 15.6 Å². The summed E-state index contributed by atoms with van der Waals surface area (Å²) >= 11 is 1.25. The maximum Gasteiger partial charge on any atom is 0.279 e. The van der Waals surface area contributed by atoms with Crippen LogP contribution >= 0.6 is 11.3 Å². The predicted molar refractivity (Wildman–Crippen MR) is 97.4 cm³/mol. The van der Waals surface area contributed by atoms with Gasteiger partial charge in [-0.15, -0.1) is 11.3 Å². The molecule has 1 aromatic carbocycles. The van der Waals surface area contributed by atoms with Gasteiger partial charge in [-0.2, -0.15) is 0 Å². The minimum atomic E-state index is -3.71. The SMILES string of the molecule is COC[C@@H](C)NS(=O)(=O)c1ccc(C(=O)NNC(=O)c2cccs2)cc1. The fraction of sp³-hybridized carbons (Fsp3) is 0.250. The number of hydrogen-bond donors (Lipinski definition) is 3. The molecule has 0 spiro atoms. The first kappa shape index (κ1) is 20.0. The molecular formula is C16H19N3O5S2. The van der Waals surface area contributed by atoms with E-state index in [9.17, 15) is 18.0 Å². The molecule has 0 bridgehead atoms. The monoisotopic (exact) mass is 397 g/mol. The predicted octanol–water partition coefficient (Wildman–Crippen LogP) is 1.14. The van der Waals surface area contributed by atoms with E-state index in [0.717, 1.165) is 0 Å². The fourth-order valence-electron chi connectivity index (χ4n) is 2.06. The van der Waals surface area contributed by atoms with Gasteiger partial charge < -0.3 is 4.74 Å². The second-order valence-corrected chi connectivity index (χ2v) is 8.05. The highest BCUT2D eigenvalue weighted by Gasteiger charge is 2.18. The summed E-state index contributed by atoms with van der Waals surface area (Å²) in [6, 6.07) is 8.33. The largest absolute Gasteiger partial charge is 0.383 e. The number of carbonyl (C=O) groups excluding carboxylic acids is 2. The summed E-state index contributed by atoms with van der Waals surface area (Å²) in [6.07, 6.45) is 0. The molecule has 2 amide bonds. The summed E-state index contributed by atoms with van der Waals surface area (Å²) in [6.45, 7) is 1.92. The van der Waals surface area contributed by atoms with Crippen LogP contribution in [0.5, 0.6) is 0 Å². The number of rotatable bonds is 7. The van der Waals surface area contributed by atoms with Crippen molar-refractivity contribution in [3.8, 4) is 0 Å². The van der Waals surface area contributed by atoms with Gasteiger partial charge in [0.15, 0.2) is 0 Å². The van der Waals surface area contributed by atoms with E-state index in [-0.39, 0.29) is 23.1 Å². The standard InChI is InChI=1S/C16H19N3O5S2/c1-11(10-24-2)19-26(22,23)13-7-5-12(6-8-13)15(20)17-18-16(21)14-4-3-9-25-14/h3-9,11,19H,10H2,1-2H3,(H,17,20)(H,18,21)/t11-/m1/s1. The summed E-state index contributed by atoms with van der Waals surface area (Å²) in [5, 5.41) is 1.75. The molecular weight excluding hydrogens is 378 g/mol. The number of sulfonamides is 1. The van der Waals surface area contributed by atoms with Gasteiger partial charge >= 0.3 is 0 Å². The first-order valence-electron chi connectivity index (χ1n) is 7.59. The van der Waals surface area contributed by atoms with Crippen molar-refractivity contribution < 1.29 is 22.7 Å². The Morgan fingerprint density at radius 1 is 1.12 bits per heavy atom. The van der Waals surface area contributed by atoms with Crippen LogP contribution in [0.2, 0.25) is 0 Å². The Morgan fingerprint density at radius 2 is 1.77 bits per heavy atom. The Morgan fingerprint density at radius 3 is 2.35 bits per heavy atom.